The van der Waals surface area contributed by atoms with Crippen molar-refractivity contribution in [1.82, 2.24) is 15.0 Å². The highest BCUT2D eigenvalue weighted by atomic mass is 79.9. The van der Waals surface area contributed by atoms with Crippen molar-refractivity contribution in [1.29, 1.82) is 0 Å². The summed E-state index contributed by atoms with van der Waals surface area (Å²) >= 11 is 3.45. The number of hydrogen-bond donors (Lipinski definition) is 0. The molecule has 2 heterocycles. The zero-order valence-electron chi connectivity index (χ0n) is 7.53. The molecule has 1 aliphatic heterocycles. The van der Waals surface area contributed by atoms with E-state index in [0.29, 0.717) is 5.92 Å². The lowest BCUT2D eigenvalue weighted by atomic mass is 10.1. The summed E-state index contributed by atoms with van der Waals surface area (Å²) in [5.41, 5.74) is 0.943. The first-order valence-corrected chi connectivity index (χ1v) is 5.20. The molecule has 2 rings (SSSR count). The van der Waals surface area contributed by atoms with Crippen LogP contribution in [0.15, 0.2) is 4.60 Å². The van der Waals surface area contributed by atoms with Gasteiger partial charge in [0.2, 0.25) is 0 Å². The topological polar surface area (TPSA) is 39.9 Å². The molecule has 0 spiro atoms. The van der Waals surface area contributed by atoms with Gasteiger partial charge < -0.3 is 4.74 Å². The minimum atomic E-state index is 0.595. The maximum absolute atomic E-state index is 5.30. The Kier molecular flexibility index (Phi) is 2.64. The number of ether oxygens (including phenoxy) is 1. The van der Waals surface area contributed by atoms with Gasteiger partial charge in [-0.3, -0.25) is 0 Å². The van der Waals surface area contributed by atoms with Gasteiger partial charge in [-0.2, -0.15) is 0 Å². The number of hydrogen-bond acceptors (Lipinski definition) is 3. The smallest absolute Gasteiger partial charge is 0.127 e. The van der Waals surface area contributed by atoms with Crippen LogP contribution in [0.4, 0.5) is 0 Å². The van der Waals surface area contributed by atoms with E-state index in [9.17, 15) is 0 Å². The maximum atomic E-state index is 5.30. The van der Waals surface area contributed by atoms with E-state index in [-0.39, 0.29) is 0 Å². The van der Waals surface area contributed by atoms with Crippen LogP contribution in [0.25, 0.3) is 0 Å². The van der Waals surface area contributed by atoms with Crippen LogP contribution in [-0.2, 0) is 11.3 Å². The van der Waals surface area contributed by atoms with E-state index < -0.39 is 0 Å². The fourth-order valence-electron chi connectivity index (χ4n) is 1.48. The standard InChI is InChI=1S/C8H12BrN3O/c1-6-8(9)12(11-10-6)4-7-2-3-13-5-7/h7H,2-5H2,1H3. The second kappa shape index (κ2) is 3.75. The molecule has 1 fully saturated rings. The van der Waals surface area contributed by atoms with Gasteiger partial charge in [-0.25, -0.2) is 4.68 Å². The first kappa shape index (κ1) is 9.15. The molecule has 1 aromatic heterocycles. The summed E-state index contributed by atoms with van der Waals surface area (Å²) in [6, 6.07) is 0. The molecule has 13 heavy (non-hydrogen) atoms. The van der Waals surface area contributed by atoms with E-state index in [4.69, 9.17) is 4.74 Å². The van der Waals surface area contributed by atoms with Crippen molar-refractivity contribution in [2.75, 3.05) is 13.2 Å². The van der Waals surface area contributed by atoms with Crippen molar-refractivity contribution in [3.63, 3.8) is 0 Å². The third-order valence-corrected chi connectivity index (χ3v) is 3.27. The van der Waals surface area contributed by atoms with Crippen LogP contribution in [-0.4, -0.2) is 28.2 Å². The Bertz CT molecular complexity index is 294. The van der Waals surface area contributed by atoms with E-state index in [1.54, 1.807) is 0 Å². The van der Waals surface area contributed by atoms with Gasteiger partial charge in [0, 0.05) is 19.1 Å². The molecule has 1 unspecified atom stereocenters. The third kappa shape index (κ3) is 1.91. The maximum Gasteiger partial charge on any atom is 0.127 e. The zero-order chi connectivity index (χ0) is 9.26. The van der Waals surface area contributed by atoms with Crippen LogP contribution < -0.4 is 0 Å². The van der Waals surface area contributed by atoms with E-state index in [0.717, 1.165) is 36.5 Å². The summed E-state index contributed by atoms with van der Waals surface area (Å²) in [7, 11) is 0. The molecule has 4 nitrogen and oxygen atoms in total. The summed E-state index contributed by atoms with van der Waals surface area (Å²) < 4.78 is 8.18. The van der Waals surface area contributed by atoms with Gasteiger partial charge in [0.05, 0.1) is 12.3 Å². The lowest BCUT2D eigenvalue weighted by molar-refractivity contribution is 0.181. The lowest BCUT2D eigenvalue weighted by Gasteiger charge is -2.07. The fraction of sp³-hybridized carbons (Fsp3) is 0.750. The highest BCUT2D eigenvalue weighted by Crippen LogP contribution is 2.18. The molecular weight excluding hydrogens is 234 g/mol. The molecular formula is C8H12BrN3O. The van der Waals surface area contributed by atoms with Gasteiger partial charge in [-0.05, 0) is 29.3 Å². The summed E-state index contributed by atoms with van der Waals surface area (Å²) in [6.07, 6.45) is 1.13. The molecule has 0 aliphatic carbocycles. The largest absolute Gasteiger partial charge is 0.381 e. The van der Waals surface area contributed by atoms with E-state index in [1.165, 1.54) is 0 Å². The Morgan fingerprint density at radius 3 is 3.08 bits per heavy atom. The Labute approximate surface area is 85.4 Å². The Hall–Kier alpha value is -0.420. The SMILES string of the molecule is Cc1nnn(CC2CCOC2)c1Br. The summed E-state index contributed by atoms with van der Waals surface area (Å²) in [5.74, 6) is 0.595. The van der Waals surface area contributed by atoms with Crippen molar-refractivity contribution < 1.29 is 4.74 Å². The Balaban J connectivity index is 2.04. The quantitative estimate of drug-likeness (QED) is 0.791. The van der Waals surface area contributed by atoms with Gasteiger partial charge in [0.15, 0.2) is 0 Å². The monoisotopic (exact) mass is 245 g/mol. The molecule has 1 aliphatic rings. The van der Waals surface area contributed by atoms with Crippen LogP contribution in [0.5, 0.6) is 0 Å². The first-order chi connectivity index (χ1) is 6.27. The predicted octanol–water partition coefficient (Wildman–Crippen LogP) is 1.39. The van der Waals surface area contributed by atoms with Gasteiger partial charge in [-0.15, -0.1) is 5.10 Å². The average molecular weight is 246 g/mol. The number of aromatic nitrogens is 3. The summed E-state index contributed by atoms with van der Waals surface area (Å²) in [4.78, 5) is 0. The van der Waals surface area contributed by atoms with Crippen LogP contribution in [0, 0.1) is 12.8 Å². The number of rotatable bonds is 2. The molecule has 5 heteroatoms. The molecule has 1 saturated heterocycles. The third-order valence-electron chi connectivity index (χ3n) is 2.28. The van der Waals surface area contributed by atoms with Crippen LogP contribution >= 0.6 is 15.9 Å². The van der Waals surface area contributed by atoms with Gasteiger partial charge in [-0.1, -0.05) is 5.21 Å². The van der Waals surface area contributed by atoms with E-state index >= 15 is 0 Å². The van der Waals surface area contributed by atoms with Crippen molar-refractivity contribution in [3.05, 3.63) is 10.3 Å². The molecule has 1 aromatic rings. The highest BCUT2D eigenvalue weighted by Gasteiger charge is 2.18. The highest BCUT2D eigenvalue weighted by molar-refractivity contribution is 9.10. The fourth-order valence-corrected chi connectivity index (χ4v) is 1.77. The first-order valence-electron chi connectivity index (χ1n) is 4.40. The van der Waals surface area contributed by atoms with Crippen LogP contribution in [0.1, 0.15) is 12.1 Å². The minimum Gasteiger partial charge on any atom is -0.381 e. The van der Waals surface area contributed by atoms with Crippen molar-refractivity contribution in [3.8, 4) is 0 Å². The number of nitrogens with zero attached hydrogens (tertiary/aromatic N) is 3. The molecule has 0 saturated carbocycles. The van der Waals surface area contributed by atoms with Crippen molar-refractivity contribution >= 4 is 15.9 Å². The Morgan fingerprint density at radius 2 is 2.54 bits per heavy atom. The van der Waals surface area contributed by atoms with Gasteiger partial charge in [0.1, 0.15) is 4.60 Å². The normalized spacial score (nSPS) is 22.5. The minimum absolute atomic E-state index is 0.595. The molecule has 0 radical (unpaired) electrons. The number of aryl methyl sites for hydroxylation is 1. The Morgan fingerprint density at radius 1 is 1.69 bits per heavy atom. The predicted molar refractivity (Wildman–Crippen MR) is 51.4 cm³/mol. The average Bonchev–Trinajstić information content (AvgIpc) is 2.71. The second-order valence-electron chi connectivity index (χ2n) is 3.38. The van der Waals surface area contributed by atoms with E-state index in [2.05, 4.69) is 26.2 Å². The lowest BCUT2D eigenvalue weighted by Crippen LogP contribution is -2.12. The van der Waals surface area contributed by atoms with Gasteiger partial charge in [0.25, 0.3) is 0 Å². The van der Waals surface area contributed by atoms with Crippen LogP contribution in [0.3, 0.4) is 0 Å². The molecule has 0 aromatic carbocycles. The summed E-state index contributed by atoms with van der Waals surface area (Å²) in [6.45, 7) is 4.58. The molecule has 0 bridgehead atoms. The second-order valence-corrected chi connectivity index (χ2v) is 4.13. The van der Waals surface area contributed by atoms with Crippen molar-refractivity contribution in [2.24, 2.45) is 5.92 Å². The summed E-state index contributed by atoms with van der Waals surface area (Å²) in [5, 5.41) is 8.03. The zero-order valence-corrected chi connectivity index (χ0v) is 9.12. The van der Waals surface area contributed by atoms with E-state index in [1.807, 2.05) is 11.6 Å². The molecule has 1 atom stereocenters. The van der Waals surface area contributed by atoms with Crippen LogP contribution in [0.2, 0.25) is 0 Å². The molecule has 72 valence electrons. The number of halogens is 1. The molecule has 0 amide bonds. The van der Waals surface area contributed by atoms with Crippen molar-refractivity contribution in [2.45, 2.75) is 19.9 Å². The van der Waals surface area contributed by atoms with Gasteiger partial charge >= 0.3 is 0 Å². The molecule has 0 N–H and O–H groups in total.